The Morgan fingerprint density at radius 3 is 2.43 bits per heavy atom. The average molecular weight is 286 g/mol. The minimum atomic E-state index is -0.608. The molecule has 0 aliphatic rings. The molecule has 0 bridgehead atoms. The van der Waals surface area contributed by atoms with Crippen LogP contribution in [0, 0.1) is 6.92 Å². The molecule has 0 aliphatic carbocycles. The van der Waals surface area contributed by atoms with Crippen LogP contribution in [0.4, 0.5) is 0 Å². The van der Waals surface area contributed by atoms with E-state index in [-0.39, 0.29) is 29.1 Å². The normalized spacial score (nSPS) is 11.7. The van der Waals surface area contributed by atoms with Crippen LogP contribution in [-0.2, 0) is 4.79 Å². The van der Waals surface area contributed by atoms with Gasteiger partial charge >= 0.3 is 0 Å². The van der Waals surface area contributed by atoms with Gasteiger partial charge in [-0.25, -0.2) is 0 Å². The van der Waals surface area contributed by atoms with E-state index in [0.29, 0.717) is 5.75 Å². The van der Waals surface area contributed by atoms with Gasteiger partial charge in [-0.1, -0.05) is 18.2 Å². The van der Waals surface area contributed by atoms with Crippen molar-refractivity contribution in [2.75, 3.05) is 0 Å². The van der Waals surface area contributed by atoms with Gasteiger partial charge in [0.1, 0.15) is 5.75 Å². The number of carbonyl (C=O) groups excluding carboxylic acids is 1. The Morgan fingerprint density at radius 1 is 1.10 bits per heavy atom. The number of aryl methyl sites for hydroxylation is 1. The fraction of sp³-hybridized carbons (Fsp3) is 0.0625. The highest BCUT2D eigenvalue weighted by molar-refractivity contribution is 5.84. The van der Waals surface area contributed by atoms with Crippen molar-refractivity contribution in [3.63, 3.8) is 0 Å². The first-order valence-electron chi connectivity index (χ1n) is 6.17. The Hall–Kier alpha value is -2.95. The van der Waals surface area contributed by atoms with E-state index >= 15 is 0 Å². The smallest absolute Gasteiger partial charge is 0.199 e. The van der Waals surface area contributed by atoms with Gasteiger partial charge in [-0.05, 0) is 36.8 Å². The Morgan fingerprint density at radius 2 is 1.81 bits per heavy atom. The molecule has 0 saturated carbocycles. The number of aliphatic hydroxyl groups is 1. The summed E-state index contributed by atoms with van der Waals surface area (Å²) >= 11 is 0. The lowest BCUT2D eigenvalue weighted by Gasteiger charge is -2.13. The molecule has 0 aromatic heterocycles. The average Bonchev–Trinajstić information content (AvgIpc) is 2.48. The first-order chi connectivity index (χ1) is 10.0. The number of aldehydes is 1. The first-order valence-corrected chi connectivity index (χ1v) is 6.17. The zero-order valence-electron chi connectivity index (χ0n) is 11.3. The third-order valence-corrected chi connectivity index (χ3v) is 2.89. The van der Waals surface area contributed by atoms with E-state index in [2.05, 4.69) is 0 Å². The molecule has 0 unspecified atom stereocenters. The van der Waals surface area contributed by atoms with Crippen molar-refractivity contribution in [1.29, 1.82) is 0 Å². The topological polar surface area (TPSA) is 87.0 Å². The Bertz CT molecular complexity index is 704. The van der Waals surface area contributed by atoms with Gasteiger partial charge in [0, 0.05) is 5.56 Å². The van der Waals surface area contributed by atoms with Gasteiger partial charge in [0.2, 0.25) is 0 Å². The maximum atomic E-state index is 10.8. The first kappa shape index (κ1) is 14.5. The summed E-state index contributed by atoms with van der Waals surface area (Å²) in [4.78, 5) is 10.8. The monoisotopic (exact) mass is 286 g/mol. The number of hydrogen-bond donors (Lipinski definition) is 3. The fourth-order valence-electron chi connectivity index (χ4n) is 1.76. The zero-order chi connectivity index (χ0) is 15.4. The molecule has 0 heterocycles. The summed E-state index contributed by atoms with van der Waals surface area (Å²) in [7, 11) is 0. The maximum absolute atomic E-state index is 10.8. The molecule has 2 aromatic rings. The molecular formula is C16H14O5. The minimum Gasteiger partial charge on any atom is -0.504 e. The van der Waals surface area contributed by atoms with E-state index in [0.717, 1.165) is 5.56 Å². The molecular weight excluding hydrogens is 272 g/mol. The van der Waals surface area contributed by atoms with E-state index in [1.807, 2.05) is 19.1 Å². The molecule has 0 aliphatic heterocycles. The Labute approximate surface area is 121 Å². The lowest BCUT2D eigenvalue weighted by Crippen LogP contribution is -2.02. The molecule has 2 rings (SSSR count). The highest BCUT2D eigenvalue weighted by atomic mass is 16.5. The number of rotatable bonds is 4. The molecule has 5 nitrogen and oxygen atoms in total. The van der Waals surface area contributed by atoms with Crippen molar-refractivity contribution < 1.29 is 24.9 Å². The van der Waals surface area contributed by atoms with Crippen LogP contribution in [0.1, 0.15) is 11.1 Å². The minimum absolute atomic E-state index is 0.102. The van der Waals surface area contributed by atoms with Crippen molar-refractivity contribution in [1.82, 2.24) is 0 Å². The summed E-state index contributed by atoms with van der Waals surface area (Å²) in [5.41, 5.74) is 1.08. The van der Waals surface area contributed by atoms with Crippen LogP contribution in [0.3, 0.4) is 0 Å². The lowest BCUT2D eigenvalue weighted by molar-refractivity contribution is -0.107. The molecule has 3 N–H and O–H groups in total. The van der Waals surface area contributed by atoms with Gasteiger partial charge in [0.05, 0.1) is 0 Å². The van der Waals surface area contributed by atoms with E-state index in [4.69, 9.17) is 4.74 Å². The van der Waals surface area contributed by atoms with Crippen LogP contribution < -0.4 is 4.74 Å². The molecule has 0 radical (unpaired) electrons. The van der Waals surface area contributed by atoms with Crippen LogP contribution in [0.5, 0.6) is 17.2 Å². The van der Waals surface area contributed by atoms with Gasteiger partial charge < -0.3 is 20.1 Å². The summed E-state index contributed by atoms with van der Waals surface area (Å²) in [6.07, 6.45) is 0.248. The van der Waals surface area contributed by atoms with Gasteiger partial charge in [0.15, 0.2) is 29.3 Å². The maximum Gasteiger partial charge on any atom is 0.199 e. The van der Waals surface area contributed by atoms with E-state index in [1.165, 1.54) is 18.2 Å². The van der Waals surface area contributed by atoms with Crippen LogP contribution in [0.25, 0.3) is 5.76 Å². The van der Waals surface area contributed by atoms with Crippen LogP contribution in [0.2, 0.25) is 0 Å². The number of hydrogen-bond acceptors (Lipinski definition) is 5. The van der Waals surface area contributed by atoms with Crippen LogP contribution >= 0.6 is 0 Å². The van der Waals surface area contributed by atoms with Crippen molar-refractivity contribution in [3.05, 3.63) is 59.4 Å². The highest BCUT2D eigenvalue weighted by Crippen LogP contribution is 2.31. The number of phenolic OH excluding ortho intramolecular Hbond substituents is 2. The van der Waals surface area contributed by atoms with Gasteiger partial charge in [-0.3, -0.25) is 4.79 Å². The second-order valence-corrected chi connectivity index (χ2v) is 4.40. The molecule has 21 heavy (non-hydrogen) atoms. The summed E-state index contributed by atoms with van der Waals surface area (Å²) in [5, 5.41) is 28.6. The Kier molecular flexibility index (Phi) is 4.13. The SMILES string of the molecule is Cc1ccccc1O/C(=C(/O)C=O)c1ccc(O)c(O)c1. The second kappa shape index (κ2) is 6.00. The number of para-hydroxylation sites is 1. The zero-order valence-corrected chi connectivity index (χ0v) is 11.3. The van der Waals surface area contributed by atoms with E-state index < -0.39 is 5.76 Å². The summed E-state index contributed by atoms with van der Waals surface area (Å²) in [6, 6.07) is 11.0. The van der Waals surface area contributed by atoms with Gasteiger partial charge in [0.25, 0.3) is 0 Å². The standard InChI is InChI=1S/C16H14O5/c1-10-4-2-3-5-15(10)21-16(14(20)9-17)11-6-7-12(18)13(19)8-11/h2-9,18-20H,1H3/b16-14+. The summed E-state index contributed by atoms with van der Waals surface area (Å²) in [6.45, 7) is 1.82. The second-order valence-electron chi connectivity index (χ2n) is 4.40. The number of aromatic hydroxyl groups is 2. The molecule has 2 aromatic carbocycles. The summed E-state index contributed by atoms with van der Waals surface area (Å²) < 4.78 is 5.58. The highest BCUT2D eigenvalue weighted by Gasteiger charge is 2.14. The number of ether oxygens (including phenoxy) is 1. The predicted molar refractivity (Wildman–Crippen MR) is 77.2 cm³/mol. The van der Waals surface area contributed by atoms with Crippen LogP contribution in [-0.4, -0.2) is 21.6 Å². The van der Waals surface area contributed by atoms with Crippen molar-refractivity contribution in [2.45, 2.75) is 6.92 Å². The molecule has 0 spiro atoms. The van der Waals surface area contributed by atoms with Gasteiger partial charge in [-0.2, -0.15) is 0 Å². The number of benzene rings is 2. The van der Waals surface area contributed by atoms with Crippen molar-refractivity contribution in [2.24, 2.45) is 0 Å². The number of carbonyl (C=O) groups is 1. The molecule has 108 valence electrons. The van der Waals surface area contributed by atoms with Crippen LogP contribution in [0.15, 0.2) is 48.2 Å². The van der Waals surface area contributed by atoms with E-state index in [1.54, 1.807) is 12.1 Å². The lowest BCUT2D eigenvalue weighted by atomic mass is 10.1. The number of phenols is 2. The molecule has 0 saturated heterocycles. The van der Waals surface area contributed by atoms with Gasteiger partial charge in [-0.15, -0.1) is 0 Å². The molecule has 0 amide bonds. The van der Waals surface area contributed by atoms with Crippen molar-refractivity contribution in [3.8, 4) is 17.2 Å². The predicted octanol–water partition coefficient (Wildman–Crippen LogP) is 2.91. The van der Waals surface area contributed by atoms with E-state index in [9.17, 15) is 20.1 Å². The quantitative estimate of drug-likeness (QED) is 0.348. The number of aliphatic hydroxyl groups excluding tert-OH is 1. The third kappa shape index (κ3) is 3.14. The van der Waals surface area contributed by atoms with Crippen molar-refractivity contribution >= 4 is 12.0 Å². The summed E-state index contributed by atoms with van der Waals surface area (Å²) in [5.74, 6) is -0.928. The molecule has 0 atom stereocenters. The molecule has 0 fully saturated rings. The fourth-order valence-corrected chi connectivity index (χ4v) is 1.76. The number of allylic oxidation sites excluding steroid dienone is 1. The molecule has 5 heteroatoms. The largest absolute Gasteiger partial charge is 0.504 e. The Balaban J connectivity index is 2.48. The third-order valence-electron chi connectivity index (χ3n) is 2.89.